The zero-order valence-corrected chi connectivity index (χ0v) is 12.0. The molecule has 0 bridgehead atoms. The van der Waals surface area contributed by atoms with E-state index >= 15 is 0 Å². The Labute approximate surface area is 112 Å². The van der Waals surface area contributed by atoms with Gasteiger partial charge in [0.05, 0.1) is 6.04 Å². The lowest BCUT2D eigenvalue weighted by atomic mass is 10.1. The van der Waals surface area contributed by atoms with E-state index in [0.29, 0.717) is 0 Å². The van der Waals surface area contributed by atoms with E-state index in [2.05, 4.69) is 4.31 Å². The molecule has 2 rings (SSSR count). The van der Waals surface area contributed by atoms with E-state index in [4.69, 9.17) is 0 Å². The van der Waals surface area contributed by atoms with Crippen LogP contribution in [0.4, 0.5) is 0 Å². The van der Waals surface area contributed by atoms with Gasteiger partial charge in [-0.3, -0.25) is 0 Å². The smallest absolute Gasteiger partial charge is 0.137 e. The Morgan fingerprint density at radius 3 is 2.44 bits per heavy atom. The summed E-state index contributed by atoms with van der Waals surface area (Å²) in [6.45, 7) is 6.91. The van der Waals surface area contributed by atoms with Gasteiger partial charge in [0, 0.05) is 17.9 Å². The second-order valence-electron chi connectivity index (χ2n) is 5.75. The number of benzene rings is 1. The summed E-state index contributed by atoms with van der Waals surface area (Å²) in [5.74, 6) is 0.278. The number of hydrogen-bond donors (Lipinski definition) is 1. The average Bonchev–Trinajstić information content (AvgIpc) is 2.76. The summed E-state index contributed by atoms with van der Waals surface area (Å²) < 4.78 is 14.4. The third-order valence-corrected chi connectivity index (χ3v) is 5.13. The summed E-state index contributed by atoms with van der Waals surface area (Å²) >= 11 is -0.978. The van der Waals surface area contributed by atoms with Crippen LogP contribution >= 0.6 is 0 Å². The van der Waals surface area contributed by atoms with Crippen LogP contribution in [0.15, 0.2) is 24.3 Å². The van der Waals surface area contributed by atoms with Crippen molar-refractivity contribution in [3.05, 3.63) is 29.8 Å². The fraction of sp³-hybridized carbons (Fsp3) is 0.571. The lowest BCUT2D eigenvalue weighted by Crippen LogP contribution is -2.42. The van der Waals surface area contributed by atoms with E-state index in [9.17, 15) is 9.66 Å². The maximum Gasteiger partial charge on any atom is 0.137 e. The first-order valence-corrected chi connectivity index (χ1v) is 7.48. The van der Waals surface area contributed by atoms with Crippen molar-refractivity contribution in [1.82, 2.24) is 4.31 Å². The number of phenols is 1. The minimum absolute atomic E-state index is 0.214. The molecule has 0 spiro atoms. The second-order valence-corrected chi connectivity index (χ2v) is 7.94. The standard InChI is InChI=1S/C14H21NO2S/c1-14(2,3)18(17)15-10-4-5-13(15)11-6-8-12(16)9-7-11/h6-9,13,16H,4-5,10H2,1-3H3/t13-,18?/m0/s1. The van der Waals surface area contributed by atoms with Crippen LogP contribution < -0.4 is 0 Å². The fourth-order valence-electron chi connectivity index (χ4n) is 2.32. The quantitative estimate of drug-likeness (QED) is 0.838. The topological polar surface area (TPSA) is 46.5 Å². The van der Waals surface area contributed by atoms with Gasteiger partial charge in [-0.15, -0.1) is 4.31 Å². The average molecular weight is 267 g/mol. The Balaban J connectivity index is 2.20. The van der Waals surface area contributed by atoms with Crippen LogP contribution in [-0.4, -0.2) is 25.3 Å². The van der Waals surface area contributed by atoms with Crippen LogP contribution in [0.2, 0.25) is 0 Å². The number of phenolic OH excluding ortho intramolecular Hbond substituents is 1. The Morgan fingerprint density at radius 2 is 1.89 bits per heavy atom. The maximum absolute atomic E-state index is 12.5. The molecule has 1 N–H and O–H groups in total. The highest BCUT2D eigenvalue weighted by Gasteiger charge is 2.40. The summed E-state index contributed by atoms with van der Waals surface area (Å²) in [5, 5.41) is 9.33. The van der Waals surface area contributed by atoms with E-state index < -0.39 is 11.4 Å². The van der Waals surface area contributed by atoms with Crippen molar-refractivity contribution in [3.63, 3.8) is 0 Å². The van der Waals surface area contributed by atoms with Gasteiger partial charge in [-0.05, 0) is 51.3 Å². The third-order valence-electron chi connectivity index (χ3n) is 3.22. The molecule has 1 unspecified atom stereocenters. The maximum atomic E-state index is 12.5. The SMILES string of the molecule is CC(C)(C)[S+]([O-])N1CCC[C@H]1c1ccc(O)cc1. The van der Waals surface area contributed by atoms with Crippen molar-refractivity contribution in [2.75, 3.05) is 6.54 Å². The van der Waals surface area contributed by atoms with Crippen molar-refractivity contribution in [2.45, 2.75) is 44.4 Å². The highest BCUT2D eigenvalue weighted by atomic mass is 32.2. The Kier molecular flexibility index (Phi) is 3.90. The Morgan fingerprint density at radius 1 is 1.28 bits per heavy atom. The largest absolute Gasteiger partial charge is 0.597 e. The molecular formula is C14H21NO2S. The van der Waals surface area contributed by atoms with E-state index in [0.717, 1.165) is 24.9 Å². The molecule has 0 aliphatic carbocycles. The van der Waals surface area contributed by atoms with E-state index in [1.807, 2.05) is 32.9 Å². The number of hydrogen-bond acceptors (Lipinski definition) is 3. The molecule has 1 saturated heterocycles. The molecule has 2 atom stereocenters. The van der Waals surface area contributed by atoms with Gasteiger partial charge in [0.25, 0.3) is 0 Å². The van der Waals surface area contributed by atoms with Gasteiger partial charge >= 0.3 is 0 Å². The highest BCUT2D eigenvalue weighted by Crippen LogP contribution is 2.37. The normalized spacial score (nSPS) is 23.2. The van der Waals surface area contributed by atoms with Gasteiger partial charge < -0.3 is 9.66 Å². The molecule has 0 aromatic heterocycles. The number of aromatic hydroxyl groups is 1. The summed E-state index contributed by atoms with van der Waals surface area (Å²) in [6.07, 6.45) is 2.11. The van der Waals surface area contributed by atoms with Crippen LogP contribution in [0.1, 0.15) is 45.2 Å². The molecule has 1 aliphatic heterocycles. The molecule has 100 valence electrons. The van der Waals surface area contributed by atoms with Crippen molar-refractivity contribution in [3.8, 4) is 5.75 Å². The minimum atomic E-state index is -0.978. The van der Waals surface area contributed by atoms with Gasteiger partial charge in [0.1, 0.15) is 10.5 Å². The lowest BCUT2D eigenvalue weighted by Gasteiger charge is -2.33. The van der Waals surface area contributed by atoms with Gasteiger partial charge in [0.15, 0.2) is 0 Å². The van der Waals surface area contributed by atoms with Crippen molar-refractivity contribution in [2.24, 2.45) is 0 Å². The van der Waals surface area contributed by atoms with Crippen molar-refractivity contribution < 1.29 is 9.66 Å². The predicted octanol–water partition coefficient (Wildman–Crippen LogP) is 2.99. The first kappa shape index (κ1) is 13.7. The van der Waals surface area contributed by atoms with Crippen LogP contribution in [0.25, 0.3) is 0 Å². The first-order chi connectivity index (χ1) is 8.39. The molecular weight excluding hydrogens is 246 g/mol. The minimum Gasteiger partial charge on any atom is -0.597 e. The van der Waals surface area contributed by atoms with Gasteiger partial charge in [-0.1, -0.05) is 12.1 Å². The summed E-state index contributed by atoms with van der Waals surface area (Å²) in [5.41, 5.74) is 1.14. The predicted molar refractivity (Wildman–Crippen MR) is 74.7 cm³/mol. The zero-order valence-electron chi connectivity index (χ0n) is 11.2. The molecule has 3 nitrogen and oxygen atoms in total. The highest BCUT2D eigenvalue weighted by molar-refractivity contribution is 7.90. The Bertz CT molecular complexity index is 399. The van der Waals surface area contributed by atoms with Crippen LogP contribution in [-0.2, 0) is 11.4 Å². The summed E-state index contributed by atoms with van der Waals surface area (Å²) in [7, 11) is 0. The molecule has 4 heteroatoms. The molecule has 1 aromatic carbocycles. The molecule has 0 radical (unpaired) electrons. The molecule has 0 amide bonds. The molecule has 1 aromatic rings. The van der Waals surface area contributed by atoms with Gasteiger partial charge in [-0.2, -0.15) is 0 Å². The van der Waals surface area contributed by atoms with Crippen molar-refractivity contribution >= 4 is 11.4 Å². The molecule has 1 heterocycles. The molecule has 1 aliphatic rings. The summed E-state index contributed by atoms with van der Waals surface area (Å²) in [4.78, 5) is 0. The lowest BCUT2D eigenvalue weighted by molar-refractivity contribution is 0.380. The molecule has 1 fully saturated rings. The van der Waals surface area contributed by atoms with Crippen molar-refractivity contribution in [1.29, 1.82) is 0 Å². The van der Waals surface area contributed by atoms with Crippen LogP contribution in [0.5, 0.6) is 5.75 Å². The third kappa shape index (κ3) is 2.82. The molecule has 0 saturated carbocycles. The van der Waals surface area contributed by atoms with E-state index in [-0.39, 0.29) is 16.5 Å². The monoisotopic (exact) mass is 267 g/mol. The first-order valence-electron chi connectivity index (χ1n) is 6.37. The van der Waals surface area contributed by atoms with Crippen LogP contribution in [0, 0.1) is 0 Å². The fourth-order valence-corrected chi connectivity index (χ4v) is 3.78. The Hall–Kier alpha value is -0.710. The van der Waals surface area contributed by atoms with Crippen LogP contribution in [0.3, 0.4) is 0 Å². The second kappa shape index (κ2) is 5.11. The van der Waals surface area contributed by atoms with E-state index in [1.54, 1.807) is 12.1 Å². The summed E-state index contributed by atoms with van der Waals surface area (Å²) in [6, 6.07) is 7.47. The molecule has 18 heavy (non-hydrogen) atoms. The van der Waals surface area contributed by atoms with Gasteiger partial charge in [-0.25, -0.2) is 0 Å². The van der Waals surface area contributed by atoms with E-state index in [1.165, 1.54) is 0 Å². The number of nitrogens with zero attached hydrogens (tertiary/aromatic N) is 1. The zero-order chi connectivity index (χ0) is 13.3. The van der Waals surface area contributed by atoms with Gasteiger partial charge in [0.2, 0.25) is 0 Å². The number of rotatable bonds is 2.